The van der Waals surface area contributed by atoms with E-state index in [1.807, 2.05) is 0 Å². The Balaban J connectivity index is 1.92. The molecule has 0 saturated heterocycles. The summed E-state index contributed by atoms with van der Waals surface area (Å²) < 4.78 is 1.74. The number of benzene rings is 1. The minimum atomic E-state index is -0.173. The Kier molecular flexibility index (Phi) is 4.98. The molecule has 0 unspecified atom stereocenters. The van der Waals surface area contributed by atoms with Crippen molar-refractivity contribution in [3.05, 3.63) is 57.6 Å². The van der Waals surface area contributed by atoms with E-state index in [0.717, 1.165) is 37.1 Å². The van der Waals surface area contributed by atoms with E-state index < -0.39 is 0 Å². The molecule has 1 aliphatic carbocycles. The van der Waals surface area contributed by atoms with Crippen LogP contribution in [0.3, 0.4) is 0 Å². The molecule has 1 aliphatic rings. The Hall–Kier alpha value is -2.10. The zero-order valence-corrected chi connectivity index (χ0v) is 15.5. The van der Waals surface area contributed by atoms with Crippen molar-refractivity contribution in [3.63, 3.8) is 0 Å². The maximum Gasteiger partial charge on any atom is 0.257 e. The Morgan fingerprint density at radius 3 is 2.36 bits per heavy atom. The monoisotopic (exact) mass is 340 g/mol. The van der Waals surface area contributed by atoms with E-state index in [1.54, 1.807) is 4.57 Å². The number of hydrogen-bond acceptors (Lipinski definition) is 3. The van der Waals surface area contributed by atoms with Gasteiger partial charge in [-0.15, -0.1) is 0 Å². The van der Waals surface area contributed by atoms with Gasteiger partial charge in [0.2, 0.25) is 5.88 Å². The van der Waals surface area contributed by atoms with Crippen molar-refractivity contribution < 1.29 is 5.11 Å². The Bertz CT molecular complexity index is 779. The number of hydrogen-bond donors (Lipinski definition) is 1. The third-order valence-electron chi connectivity index (χ3n) is 5.16. The largest absolute Gasteiger partial charge is 0.493 e. The van der Waals surface area contributed by atoms with E-state index in [0.29, 0.717) is 6.54 Å². The van der Waals surface area contributed by atoms with Crippen LogP contribution in [0.5, 0.6) is 5.88 Å². The fourth-order valence-electron chi connectivity index (χ4n) is 3.64. The van der Waals surface area contributed by atoms with Gasteiger partial charge in [-0.3, -0.25) is 9.36 Å². The minimum absolute atomic E-state index is 0.114. The van der Waals surface area contributed by atoms with Gasteiger partial charge in [-0.2, -0.15) is 4.98 Å². The van der Waals surface area contributed by atoms with Crippen LogP contribution in [0.1, 0.15) is 75.7 Å². The fourth-order valence-corrected chi connectivity index (χ4v) is 3.64. The lowest BCUT2D eigenvalue weighted by Crippen LogP contribution is -2.27. The number of nitrogens with zero attached hydrogens (tertiary/aromatic N) is 2. The second-order valence-electron chi connectivity index (χ2n) is 8.18. The molecule has 0 amide bonds. The van der Waals surface area contributed by atoms with Crippen LogP contribution in [0.4, 0.5) is 0 Å². The van der Waals surface area contributed by atoms with Crippen LogP contribution >= 0.6 is 0 Å². The lowest BCUT2D eigenvalue weighted by molar-refractivity contribution is 0.392. The summed E-state index contributed by atoms with van der Waals surface area (Å²) in [6.07, 6.45) is 5.65. The van der Waals surface area contributed by atoms with Crippen molar-refractivity contribution in [2.24, 2.45) is 0 Å². The van der Waals surface area contributed by atoms with Crippen LogP contribution in [0.2, 0.25) is 0 Å². The zero-order valence-electron chi connectivity index (χ0n) is 15.5. The van der Waals surface area contributed by atoms with E-state index in [1.165, 1.54) is 18.1 Å². The molecule has 1 heterocycles. The van der Waals surface area contributed by atoms with Crippen LogP contribution < -0.4 is 5.56 Å². The smallest absolute Gasteiger partial charge is 0.257 e. The molecule has 3 rings (SSSR count). The van der Waals surface area contributed by atoms with Crippen LogP contribution in [0.15, 0.2) is 35.1 Å². The van der Waals surface area contributed by atoms with Crippen molar-refractivity contribution in [2.75, 3.05) is 0 Å². The second kappa shape index (κ2) is 7.03. The maximum absolute atomic E-state index is 12.5. The van der Waals surface area contributed by atoms with Crippen molar-refractivity contribution in [1.29, 1.82) is 0 Å². The summed E-state index contributed by atoms with van der Waals surface area (Å²) >= 11 is 0. The maximum atomic E-state index is 12.5. The van der Waals surface area contributed by atoms with Crippen LogP contribution in [0, 0.1) is 0 Å². The summed E-state index contributed by atoms with van der Waals surface area (Å²) in [5.74, 6) is 0.844. The van der Waals surface area contributed by atoms with E-state index in [2.05, 4.69) is 50.0 Å². The van der Waals surface area contributed by atoms with E-state index >= 15 is 0 Å². The van der Waals surface area contributed by atoms with Gasteiger partial charge in [0, 0.05) is 5.92 Å². The second-order valence-corrected chi connectivity index (χ2v) is 8.18. The third-order valence-corrected chi connectivity index (χ3v) is 5.16. The zero-order chi connectivity index (χ0) is 18.0. The number of aromatic hydroxyl groups is 1. The Morgan fingerprint density at radius 1 is 1.12 bits per heavy atom. The summed E-state index contributed by atoms with van der Waals surface area (Å²) in [5.41, 5.74) is 2.30. The van der Waals surface area contributed by atoms with Gasteiger partial charge in [0.15, 0.2) is 0 Å². The van der Waals surface area contributed by atoms with Crippen molar-refractivity contribution in [2.45, 2.75) is 70.8 Å². The molecule has 1 N–H and O–H groups in total. The average Bonchev–Trinajstić information content (AvgIpc) is 2.57. The summed E-state index contributed by atoms with van der Waals surface area (Å²) in [4.78, 5) is 16.8. The SMILES string of the molecule is CC(C)(C)c1ccc(Cn2c(C3CCCCC3)nc(O)cc2=O)cc1. The van der Waals surface area contributed by atoms with Gasteiger partial charge in [0.05, 0.1) is 12.6 Å². The molecule has 4 heteroatoms. The van der Waals surface area contributed by atoms with Gasteiger partial charge in [-0.05, 0) is 29.4 Å². The molecular formula is C21H28N2O2. The molecule has 25 heavy (non-hydrogen) atoms. The van der Waals surface area contributed by atoms with Gasteiger partial charge in [-0.1, -0.05) is 64.3 Å². The predicted molar refractivity (Wildman–Crippen MR) is 100 cm³/mol. The van der Waals surface area contributed by atoms with Crippen LogP contribution in [0.25, 0.3) is 0 Å². The molecule has 0 spiro atoms. The summed E-state index contributed by atoms with van der Waals surface area (Å²) in [6, 6.07) is 9.66. The highest BCUT2D eigenvalue weighted by Gasteiger charge is 2.22. The van der Waals surface area contributed by atoms with Crippen LogP contribution in [-0.2, 0) is 12.0 Å². The summed E-state index contributed by atoms with van der Waals surface area (Å²) in [5, 5.41) is 9.82. The van der Waals surface area contributed by atoms with Gasteiger partial charge in [0.25, 0.3) is 5.56 Å². The molecule has 0 bridgehead atoms. The lowest BCUT2D eigenvalue weighted by Gasteiger charge is -2.24. The first-order chi connectivity index (χ1) is 11.8. The quantitative estimate of drug-likeness (QED) is 0.904. The molecule has 0 aliphatic heterocycles. The van der Waals surface area contributed by atoms with Crippen molar-refractivity contribution in [3.8, 4) is 5.88 Å². The summed E-state index contributed by atoms with van der Waals surface area (Å²) in [6.45, 7) is 7.08. The first kappa shape index (κ1) is 17.7. The van der Waals surface area contributed by atoms with Crippen molar-refractivity contribution in [1.82, 2.24) is 9.55 Å². The Morgan fingerprint density at radius 2 is 1.76 bits per heavy atom. The number of rotatable bonds is 3. The lowest BCUT2D eigenvalue weighted by atomic mass is 9.86. The van der Waals surface area contributed by atoms with Gasteiger partial charge in [-0.25, -0.2) is 0 Å². The van der Waals surface area contributed by atoms with E-state index in [9.17, 15) is 9.90 Å². The standard InChI is InChI=1S/C21H28N2O2/c1-21(2,3)17-11-9-15(10-12-17)14-23-19(25)13-18(24)22-20(23)16-7-5-4-6-8-16/h9-13,16,24H,4-8,14H2,1-3H3. The van der Waals surface area contributed by atoms with E-state index in [-0.39, 0.29) is 22.8 Å². The predicted octanol–water partition coefficient (Wildman–Crippen LogP) is 4.34. The Labute approximate surface area is 149 Å². The average molecular weight is 340 g/mol. The first-order valence-electron chi connectivity index (χ1n) is 9.25. The number of aromatic nitrogens is 2. The van der Waals surface area contributed by atoms with Crippen LogP contribution in [-0.4, -0.2) is 14.7 Å². The molecule has 2 aromatic rings. The normalized spacial score (nSPS) is 16.1. The van der Waals surface area contributed by atoms with Gasteiger partial charge in [0.1, 0.15) is 5.82 Å². The molecule has 134 valence electrons. The molecule has 0 radical (unpaired) electrons. The molecule has 1 fully saturated rings. The van der Waals surface area contributed by atoms with E-state index in [4.69, 9.17) is 0 Å². The molecule has 0 atom stereocenters. The highest BCUT2D eigenvalue weighted by Crippen LogP contribution is 2.32. The topological polar surface area (TPSA) is 55.1 Å². The first-order valence-corrected chi connectivity index (χ1v) is 9.25. The molecule has 1 aromatic carbocycles. The van der Waals surface area contributed by atoms with Gasteiger partial charge >= 0.3 is 0 Å². The van der Waals surface area contributed by atoms with Gasteiger partial charge < -0.3 is 5.11 Å². The highest BCUT2D eigenvalue weighted by atomic mass is 16.3. The van der Waals surface area contributed by atoms with Crippen molar-refractivity contribution >= 4 is 0 Å². The molecule has 4 nitrogen and oxygen atoms in total. The molecule has 1 aromatic heterocycles. The highest BCUT2D eigenvalue weighted by molar-refractivity contribution is 5.28. The fraction of sp³-hybridized carbons (Fsp3) is 0.524. The molecular weight excluding hydrogens is 312 g/mol. The third kappa shape index (κ3) is 4.12. The minimum Gasteiger partial charge on any atom is -0.493 e. The molecule has 1 saturated carbocycles. The summed E-state index contributed by atoms with van der Waals surface area (Å²) in [7, 11) is 0.